The second-order valence-electron chi connectivity index (χ2n) is 6.78. The lowest BCUT2D eigenvalue weighted by Crippen LogP contribution is -2.21. The first-order valence-corrected chi connectivity index (χ1v) is 7.59. The van der Waals surface area contributed by atoms with Gasteiger partial charge in [0.25, 0.3) is 11.4 Å². The number of nitrogens with zero attached hydrogens (tertiary/aromatic N) is 3. The van der Waals surface area contributed by atoms with E-state index in [1.165, 1.54) is 18.0 Å². The van der Waals surface area contributed by atoms with Gasteiger partial charge in [-0.15, -0.1) is 0 Å². The smallest absolute Gasteiger partial charge is 0.300 e. The van der Waals surface area contributed by atoms with E-state index in [-0.39, 0.29) is 11.4 Å². The van der Waals surface area contributed by atoms with E-state index in [0.29, 0.717) is 11.6 Å². The molecule has 2 aromatic carbocycles. The molecule has 0 heterocycles. The first-order valence-electron chi connectivity index (χ1n) is 7.59. The normalized spacial score (nSPS) is 11.3. The van der Waals surface area contributed by atoms with Crippen LogP contribution in [0.25, 0.3) is 0 Å². The Labute approximate surface area is 148 Å². The minimum Gasteiger partial charge on any atom is -0.336 e. The fourth-order valence-electron chi connectivity index (χ4n) is 2.65. The Bertz CT molecular complexity index is 894. The van der Waals surface area contributed by atoms with E-state index in [9.17, 15) is 29.0 Å². The molecule has 0 N–H and O–H groups in total. The number of hydrogen-bond donors (Lipinski definition) is 0. The van der Waals surface area contributed by atoms with Crippen LogP contribution in [0.3, 0.4) is 0 Å². The third kappa shape index (κ3) is 3.61. The molecule has 0 saturated heterocycles. The van der Waals surface area contributed by atoms with Crippen molar-refractivity contribution < 1.29 is 18.6 Å². The van der Waals surface area contributed by atoms with E-state index in [1.807, 2.05) is 0 Å². The van der Waals surface area contributed by atoms with Gasteiger partial charge in [-0.25, -0.2) is 8.78 Å². The van der Waals surface area contributed by atoms with Gasteiger partial charge in [-0.3, -0.25) is 20.2 Å². The average molecular weight is 365 g/mol. The van der Waals surface area contributed by atoms with Gasteiger partial charge in [0.05, 0.1) is 21.6 Å². The van der Waals surface area contributed by atoms with Gasteiger partial charge >= 0.3 is 0 Å². The average Bonchev–Trinajstić information content (AvgIpc) is 2.52. The van der Waals surface area contributed by atoms with E-state index in [0.717, 1.165) is 18.2 Å². The van der Waals surface area contributed by atoms with Crippen LogP contribution in [0.15, 0.2) is 30.3 Å². The van der Waals surface area contributed by atoms with Crippen molar-refractivity contribution in [1.29, 1.82) is 0 Å². The van der Waals surface area contributed by atoms with Crippen molar-refractivity contribution in [1.82, 2.24) is 0 Å². The molecule has 0 aromatic heterocycles. The van der Waals surface area contributed by atoms with Crippen LogP contribution in [0.5, 0.6) is 0 Å². The molecule has 2 rings (SSSR count). The summed E-state index contributed by atoms with van der Waals surface area (Å²) in [5.74, 6) is -1.69. The van der Waals surface area contributed by atoms with Crippen LogP contribution in [-0.2, 0) is 5.41 Å². The summed E-state index contributed by atoms with van der Waals surface area (Å²) >= 11 is 0. The molecule has 9 heteroatoms. The standard InChI is InChI=1S/C17H17F2N3O4/c1-17(2,3)12-8-11(21(23)24)9-15(22(25)26)16(12)20(4)14-6-5-10(18)7-13(14)19/h5-9H,1-4H3. The molecule has 0 aliphatic heterocycles. The van der Waals surface area contributed by atoms with Crippen molar-refractivity contribution in [3.63, 3.8) is 0 Å². The van der Waals surface area contributed by atoms with Gasteiger partial charge in [0, 0.05) is 19.2 Å². The van der Waals surface area contributed by atoms with Gasteiger partial charge in [-0.2, -0.15) is 0 Å². The molecule has 0 spiro atoms. The fourth-order valence-corrected chi connectivity index (χ4v) is 2.65. The van der Waals surface area contributed by atoms with E-state index in [2.05, 4.69) is 0 Å². The lowest BCUT2D eigenvalue weighted by atomic mass is 9.84. The summed E-state index contributed by atoms with van der Waals surface area (Å²) in [5, 5.41) is 22.7. The quantitative estimate of drug-likeness (QED) is 0.571. The lowest BCUT2D eigenvalue weighted by Gasteiger charge is -2.28. The van der Waals surface area contributed by atoms with Crippen LogP contribution < -0.4 is 4.90 Å². The van der Waals surface area contributed by atoms with E-state index in [4.69, 9.17) is 0 Å². The number of halogens is 2. The molecule has 0 amide bonds. The molecule has 0 unspecified atom stereocenters. The summed E-state index contributed by atoms with van der Waals surface area (Å²) in [6, 6.07) is 4.92. The summed E-state index contributed by atoms with van der Waals surface area (Å²) in [6.45, 7) is 5.19. The van der Waals surface area contributed by atoms with Crippen LogP contribution in [0.1, 0.15) is 26.3 Å². The number of hydrogen-bond acceptors (Lipinski definition) is 5. The van der Waals surface area contributed by atoms with Gasteiger partial charge in [-0.1, -0.05) is 20.8 Å². The maximum Gasteiger partial charge on any atom is 0.300 e. The third-order valence-corrected chi connectivity index (χ3v) is 3.90. The van der Waals surface area contributed by atoms with Crippen molar-refractivity contribution in [3.05, 3.63) is 67.8 Å². The molecule has 0 fully saturated rings. The second kappa shape index (κ2) is 6.66. The van der Waals surface area contributed by atoms with Crippen molar-refractivity contribution in [2.24, 2.45) is 0 Å². The molecule has 0 radical (unpaired) electrons. The molecular weight excluding hydrogens is 348 g/mol. The highest BCUT2D eigenvalue weighted by Crippen LogP contribution is 2.44. The highest BCUT2D eigenvalue weighted by molar-refractivity contribution is 5.78. The Balaban J connectivity index is 2.84. The molecule has 0 atom stereocenters. The van der Waals surface area contributed by atoms with Gasteiger partial charge in [0.2, 0.25) is 0 Å². The zero-order valence-electron chi connectivity index (χ0n) is 14.6. The number of anilines is 2. The molecule has 138 valence electrons. The molecule has 0 bridgehead atoms. The Morgan fingerprint density at radius 1 is 1.00 bits per heavy atom. The Hall–Kier alpha value is -3.10. The number of nitro benzene ring substituents is 2. The molecule has 0 saturated carbocycles. The minimum absolute atomic E-state index is 0.0126. The van der Waals surface area contributed by atoms with E-state index >= 15 is 0 Å². The minimum atomic E-state index is -0.903. The third-order valence-electron chi connectivity index (χ3n) is 3.90. The second-order valence-corrected chi connectivity index (χ2v) is 6.78. The van der Waals surface area contributed by atoms with Gasteiger partial charge in [0.15, 0.2) is 0 Å². The maximum atomic E-state index is 14.2. The molecule has 26 heavy (non-hydrogen) atoms. The van der Waals surface area contributed by atoms with Crippen molar-refractivity contribution >= 4 is 22.7 Å². The summed E-state index contributed by atoms with van der Waals surface area (Å²) in [4.78, 5) is 22.5. The van der Waals surface area contributed by atoms with Crippen LogP contribution in [0.2, 0.25) is 0 Å². The number of benzene rings is 2. The zero-order valence-corrected chi connectivity index (χ0v) is 14.6. The van der Waals surface area contributed by atoms with Crippen LogP contribution in [0.4, 0.5) is 31.5 Å². The Morgan fingerprint density at radius 2 is 1.62 bits per heavy atom. The number of nitro groups is 2. The predicted octanol–water partition coefficient (Wildman–Crippen LogP) is 4.85. The highest BCUT2D eigenvalue weighted by Gasteiger charge is 2.32. The van der Waals surface area contributed by atoms with Crippen LogP contribution >= 0.6 is 0 Å². The highest BCUT2D eigenvalue weighted by atomic mass is 19.1. The molecule has 2 aromatic rings. The molecule has 0 aliphatic carbocycles. The summed E-state index contributed by atoms with van der Waals surface area (Å²) in [5.41, 5.74) is -1.46. The first-order chi connectivity index (χ1) is 11.9. The summed E-state index contributed by atoms with van der Waals surface area (Å²) in [6.07, 6.45) is 0. The van der Waals surface area contributed by atoms with Gasteiger partial charge in [-0.05, 0) is 23.1 Å². The number of non-ortho nitro benzene ring substituents is 1. The van der Waals surface area contributed by atoms with Crippen molar-refractivity contribution in [3.8, 4) is 0 Å². The Morgan fingerprint density at radius 3 is 2.08 bits per heavy atom. The fraction of sp³-hybridized carbons (Fsp3) is 0.294. The zero-order chi connectivity index (χ0) is 19.8. The summed E-state index contributed by atoms with van der Waals surface area (Å²) in [7, 11) is 1.39. The van der Waals surface area contributed by atoms with Crippen molar-refractivity contribution in [2.75, 3.05) is 11.9 Å². The summed E-state index contributed by atoms with van der Waals surface area (Å²) < 4.78 is 27.4. The van der Waals surface area contributed by atoms with Gasteiger partial charge < -0.3 is 4.90 Å². The van der Waals surface area contributed by atoms with Crippen LogP contribution in [-0.4, -0.2) is 16.9 Å². The van der Waals surface area contributed by atoms with Crippen LogP contribution in [0, 0.1) is 31.9 Å². The van der Waals surface area contributed by atoms with Crippen molar-refractivity contribution in [2.45, 2.75) is 26.2 Å². The molecule has 7 nitrogen and oxygen atoms in total. The maximum absolute atomic E-state index is 14.2. The largest absolute Gasteiger partial charge is 0.336 e. The lowest BCUT2D eigenvalue weighted by molar-refractivity contribution is -0.393. The SMILES string of the molecule is CN(c1ccc(F)cc1F)c1c([N+](=O)[O-])cc([N+](=O)[O-])cc1C(C)(C)C. The monoisotopic (exact) mass is 365 g/mol. The van der Waals surface area contributed by atoms with Gasteiger partial charge in [0.1, 0.15) is 17.3 Å². The first kappa shape index (κ1) is 19.2. The van der Waals surface area contributed by atoms with E-state index in [1.54, 1.807) is 20.8 Å². The van der Waals surface area contributed by atoms with E-state index < -0.39 is 38.3 Å². The molecular formula is C17H17F2N3O4. The molecule has 0 aliphatic rings. The Kier molecular flexibility index (Phi) is 4.93. The predicted molar refractivity (Wildman–Crippen MR) is 92.9 cm³/mol. The topological polar surface area (TPSA) is 89.5 Å². The number of rotatable bonds is 4.